The number of amidine groups is 1. The standard InChI is InChI=1S/C12H23N3O3/c1-18-9-8-14-11(16)12(10(13)15-17)6-4-2-3-5-7-12/h17H,2-9H2,1H3,(H2,13,15)(H,14,16). The molecule has 1 amide bonds. The number of nitrogens with zero attached hydrogens (tertiary/aromatic N) is 1. The number of nitrogens with two attached hydrogens (primary N) is 1. The van der Waals surface area contributed by atoms with Gasteiger partial charge in [0.25, 0.3) is 0 Å². The van der Waals surface area contributed by atoms with E-state index in [1.165, 1.54) is 0 Å². The Labute approximate surface area is 108 Å². The molecule has 18 heavy (non-hydrogen) atoms. The lowest BCUT2D eigenvalue weighted by molar-refractivity contribution is -0.128. The number of nitrogens with one attached hydrogen (secondary N) is 1. The van der Waals surface area contributed by atoms with Gasteiger partial charge in [-0.1, -0.05) is 30.8 Å². The number of hydrogen-bond donors (Lipinski definition) is 3. The molecular formula is C12H23N3O3. The van der Waals surface area contributed by atoms with E-state index >= 15 is 0 Å². The van der Waals surface area contributed by atoms with Gasteiger partial charge < -0.3 is 21.0 Å². The highest BCUT2D eigenvalue weighted by Gasteiger charge is 2.42. The van der Waals surface area contributed by atoms with Crippen molar-refractivity contribution in [2.45, 2.75) is 38.5 Å². The van der Waals surface area contributed by atoms with E-state index in [2.05, 4.69) is 10.5 Å². The lowest BCUT2D eigenvalue weighted by Crippen LogP contribution is -2.50. The van der Waals surface area contributed by atoms with Gasteiger partial charge >= 0.3 is 0 Å². The molecule has 0 aliphatic heterocycles. The van der Waals surface area contributed by atoms with Crippen molar-refractivity contribution in [3.05, 3.63) is 0 Å². The zero-order valence-electron chi connectivity index (χ0n) is 10.9. The molecule has 1 aliphatic rings. The van der Waals surface area contributed by atoms with Gasteiger partial charge in [-0.05, 0) is 12.8 Å². The third-order valence-electron chi connectivity index (χ3n) is 3.58. The number of hydrogen-bond acceptors (Lipinski definition) is 4. The minimum absolute atomic E-state index is 0.0271. The Bertz CT molecular complexity index is 297. The molecule has 0 saturated heterocycles. The van der Waals surface area contributed by atoms with Crippen molar-refractivity contribution in [2.24, 2.45) is 16.3 Å². The van der Waals surface area contributed by atoms with E-state index < -0.39 is 5.41 Å². The van der Waals surface area contributed by atoms with Gasteiger partial charge in [-0.3, -0.25) is 4.79 Å². The van der Waals surface area contributed by atoms with Gasteiger partial charge in [0.15, 0.2) is 5.84 Å². The van der Waals surface area contributed by atoms with Crippen LogP contribution in [0.4, 0.5) is 0 Å². The molecular weight excluding hydrogens is 234 g/mol. The number of amides is 1. The first kappa shape index (κ1) is 14.8. The first-order valence-electron chi connectivity index (χ1n) is 6.42. The number of methoxy groups -OCH3 is 1. The third-order valence-corrected chi connectivity index (χ3v) is 3.58. The summed E-state index contributed by atoms with van der Waals surface area (Å²) in [7, 11) is 1.58. The minimum atomic E-state index is -0.848. The van der Waals surface area contributed by atoms with Crippen molar-refractivity contribution in [3.8, 4) is 0 Å². The first-order chi connectivity index (χ1) is 8.67. The summed E-state index contributed by atoms with van der Waals surface area (Å²) in [4.78, 5) is 12.3. The number of carbonyl (C=O) groups excluding carboxylic acids is 1. The summed E-state index contributed by atoms with van der Waals surface area (Å²) in [6, 6.07) is 0. The molecule has 0 aromatic heterocycles. The van der Waals surface area contributed by atoms with Gasteiger partial charge in [-0.2, -0.15) is 0 Å². The molecule has 6 nitrogen and oxygen atoms in total. The summed E-state index contributed by atoms with van der Waals surface area (Å²) in [5.74, 6) is -0.129. The quantitative estimate of drug-likeness (QED) is 0.170. The molecule has 104 valence electrons. The predicted molar refractivity (Wildman–Crippen MR) is 68.4 cm³/mol. The Morgan fingerprint density at radius 2 is 2.00 bits per heavy atom. The van der Waals surface area contributed by atoms with E-state index in [1.807, 2.05) is 0 Å². The van der Waals surface area contributed by atoms with Crippen molar-refractivity contribution in [1.82, 2.24) is 5.32 Å². The summed E-state index contributed by atoms with van der Waals surface area (Å²) < 4.78 is 4.90. The smallest absolute Gasteiger partial charge is 0.234 e. The summed E-state index contributed by atoms with van der Waals surface area (Å²) in [5, 5.41) is 14.8. The Balaban J connectivity index is 2.79. The highest BCUT2D eigenvalue weighted by Crippen LogP contribution is 2.35. The fourth-order valence-corrected chi connectivity index (χ4v) is 2.46. The summed E-state index contributed by atoms with van der Waals surface area (Å²) >= 11 is 0. The monoisotopic (exact) mass is 257 g/mol. The Morgan fingerprint density at radius 1 is 1.39 bits per heavy atom. The highest BCUT2D eigenvalue weighted by molar-refractivity contribution is 6.06. The lowest BCUT2D eigenvalue weighted by Gasteiger charge is -2.29. The van der Waals surface area contributed by atoms with Crippen molar-refractivity contribution < 1.29 is 14.7 Å². The SMILES string of the molecule is COCCNC(=O)C1(C(N)=NO)CCCCCC1. The Hall–Kier alpha value is -1.30. The predicted octanol–water partition coefficient (Wildman–Crippen LogP) is 0.836. The first-order valence-corrected chi connectivity index (χ1v) is 6.42. The molecule has 1 saturated carbocycles. The van der Waals surface area contributed by atoms with Crippen LogP contribution in [0.5, 0.6) is 0 Å². The summed E-state index contributed by atoms with van der Waals surface area (Å²) in [6.45, 7) is 0.897. The number of rotatable bonds is 5. The molecule has 0 radical (unpaired) electrons. The molecule has 0 spiro atoms. The van der Waals surface area contributed by atoms with Crippen LogP contribution in [-0.2, 0) is 9.53 Å². The van der Waals surface area contributed by atoms with Gasteiger partial charge in [-0.25, -0.2) is 0 Å². The van der Waals surface area contributed by atoms with Gasteiger partial charge in [0.05, 0.1) is 6.61 Å². The van der Waals surface area contributed by atoms with Gasteiger partial charge in [0, 0.05) is 13.7 Å². The van der Waals surface area contributed by atoms with E-state index in [0.717, 1.165) is 25.7 Å². The van der Waals surface area contributed by atoms with Crippen LogP contribution < -0.4 is 11.1 Å². The summed E-state index contributed by atoms with van der Waals surface area (Å²) in [5.41, 5.74) is 4.92. The van der Waals surface area contributed by atoms with Crippen LogP contribution in [0.3, 0.4) is 0 Å². The Kier molecular flexibility index (Phi) is 5.91. The molecule has 1 fully saturated rings. The molecule has 0 aromatic rings. The van der Waals surface area contributed by atoms with Crippen LogP contribution in [0.15, 0.2) is 5.16 Å². The average Bonchev–Trinajstić information content (AvgIpc) is 2.64. The zero-order valence-corrected chi connectivity index (χ0v) is 10.9. The van der Waals surface area contributed by atoms with Crippen LogP contribution in [0, 0.1) is 5.41 Å². The van der Waals surface area contributed by atoms with Crippen LogP contribution in [-0.4, -0.2) is 37.2 Å². The molecule has 4 N–H and O–H groups in total. The fourth-order valence-electron chi connectivity index (χ4n) is 2.46. The second-order valence-corrected chi connectivity index (χ2v) is 4.73. The van der Waals surface area contributed by atoms with Crippen LogP contribution in [0.2, 0.25) is 0 Å². The maximum absolute atomic E-state index is 12.3. The molecule has 6 heteroatoms. The normalized spacial score (nSPS) is 20.2. The fraction of sp³-hybridized carbons (Fsp3) is 0.833. The summed E-state index contributed by atoms with van der Waals surface area (Å²) in [6.07, 6.45) is 5.31. The van der Waals surface area contributed by atoms with E-state index in [-0.39, 0.29) is 11.7 Å². The number of ether oxygens (including phenoxy) is 1. The number of oxime groups is 1. The van der Waals surface area contributed by atoms with Crippen molar-refractivity contribution in [1.29, 1.82) is 0 Å². The van der Waals surface area contributed by atoms with Gasteiger partial charge in [0.1, 0.15) is 5.41 Å². The van der Waals surface area contributed by atoms with E-state index in [1.54, 1.807) is 7.11 Å². The third kappa shape index (κ3) is 3.35. The molecule has 1 rings (SSSR count). The van der Waals surface area contributed by atoms with Gasteiger partial charge in [0.2, 0.25) is 5.91 Å². The largest absolute Gasteiger partial charge is 0.409 e. The van der Waals surface area contributed by atoms with Crippen LogP contribution in [0.1, 0.15) is 38.5 Å². The van der Waals surface area contributed by atoms with Crippen molar-refractivity contribution in [2.75, 3.05) is 20.3 Å². The maximum Gasteiger partial charge on any atom is 0.234 e. The van der Waals surface area contributed by atoms with Crippen LogP contribution >= 0.6 is 0 Å². The maximum atomic E-state index is 12.3. The minimum Gasteiger partial charge on any atom is -0.409 e. The Morgan fingerprint density at radius 3 is 2.50 bits per heavy atom. The molecule has 0 atom stereocenters. The van der Waals surface area contributed by atoms with Crippen molar-refractivity contribution >= 4 is 11.7 Å². The van der Waals surface area contributed by atoms with E-state index in [4.69, 9.17) is 15.7 Å². The lowest BCUT2D eigenvalue weighted by atomic mass is 9.78. The molecule has 0 aromatic carbocycles. The topological polar surface area (TPSA) is 96.9 Å². The second-order valence-electron chi connectivity index (χ2n) is 4.73. The average molecular weight is 257 g/mol. The van der Waals surface area contributed by atoms with E-state index in [9.17, 15) is 4.79 Å². The molecule has 0 heterocycles. The zero-order chi connectivity index (χ0) is 13.4. The van der Waals surface area contributed by atoms with Gasteiger partial charge in [-0.15, -0.1) is 0 Å². The highest BCUT2D eigenvalue weighted by atomic mass is 16.5. The molecule has 1 aliphatic carbocycles. The second kappa shape index (κ2) is 7.20. The van der Waals surface area contributed by atoms with Crippen molar-refractivity contribution in [3.63, 3.8) is 0 Å². The number of carbonyl (C=O) groups is 1. The molecule has 0 unspecified atom stereocenters. The molecule has 0 bridgehead atoms. The van der Waals surface area contributed by atoms with Crippen LogP contribution in [0.25, 0.3) is 0 Å². The van der Waals surface area contributed by atoms with E-state index in [0.29, 0.717) is 26.0 Å².